The van der Waals surface area contributed by atoms with Gasteiger partial charge < -0.3 is 19.5 Å². The first-order chi connectivity index (χ1) is 8.76. The van der Waals surface area contributed by atoms with E-state index >= 15 is 0 Å². The van der Waals surface area contributed by atoms with Crippen molar-refractivity contribution in [3.63, 3.8) is 0 Å². The average molecular weight is 261 g/mol. The number of unbranched alkanes of at least 4 members (excludes halogenated alkanes) is 1. The van der Waals surface area contributed by atoms with Crippen molar-refractivity contribution >= 4 is 5.97 Å². The topological polar surface area (TPSA) is 56.8 Å². The maximum atomic E-state index is 11.5. The predicted molar refractivity (Wildman–Crippen MR) is 70.6 cm³/mol. The first kappa shape index (κ1) is 17.4. The summed E-state index contributed by atoms with van der Waals surface area (Å²) in [6.45, 7) is 4.79. The SMILES string of the molecule is CCCCC(NCCCOCCOC)C(=O)OC. The van der Waals surface area contributed by atoms with Crippen LogP contribution in [-0.4, -0.2) is 52.6 Å². The molecule has 1 unspecified atom stereocenters. The van der Waals surface area contributed by atoms with Gasteiger partial charge in [0.1, 0.15) is 6.04 Å². The van der Waals surface area contributed by atoms with E-state index in [1.807, 2.05) is 0 Å². The Bertz CT molecular complexity index is 199. The molecular weight excluding hydrogens is 234 g/mol. The molecule has 5 nitrogen and oxygen atoms in total. The summed E-state index contributed by atoms with van der Waals surface area (Å²) >= 11 is 0. The van der Waals surface area contributed by atoms with Crippen LogP contribution in [0.3, 0.4) is 0 Å². The van der Waals surface area contributed by atoms with Crippen molar-refractivity contribution in [3.8, 4) is 0 Å². The molecule has 1 atom stereocenters. The van der Waals surface area contributed by atoms with Crippen LogP contribution in [0, 0.1) is 0 Å². The number of ether oxygens (including phenoxy) is 3. The molecule has 0 aromatic heterocycles. The molecule has 0 fully saturated rings. The summed E-state index contributed by atoms with van der Waals surface area (Å²) in [5, 5.41) is 3.21. The minimum absolute atomic E-state index is 0.177. The van der Waals surface area contributed by atoms with Gasteiger partial charge in [-0.15, -0.1) is 0 Å². The number of carbonyl (C=O) groups excluding carboxylic acids is 1. The highest BCUT2D eigenvalue weighted by molar-refractivity contribution is 5.75. The van der Waals surface area contributed by atoms with Crippen LogP contribution in [0.25, 0.3) is 0 Å². The van der Waals surface area contributed by atoms with Gasteiger partial charge >= 0.3 is 5.97 Å². The zero-order valence-electron chi connectivity index (χ0n) is 11.9. The van der Waals surface area contributed by atoms with E-state index in [1.165, 1.54) is 7.11 Å². The molecular formula is C13H27NO4. The van der Waals surface area contributed by atoms with Crippen molar-refractivity contribution in [2.75, 3.05) is 40.6 Å². The summed E-state index contributed by atoms with van der Waals surface area (Å²) in [5.41, 5.74) is 0. The highest BCUT2D eigenvalue weighted by atomic mass is 16.5. The molecule has 0 radical (unpaired) electrons. The highest BCUT2D eigenvalue weighted by Crippen LogP contribution is 2.02. The van der Waals surface area contributed by atoms with Crippen molar-refractivity contribution in [3.05, 3.63) is 0 Å². The fourth-order valence-electron chi connectivity index (χ4n) is 1.55. The molecule has 0 bridgehead atoms. The van der Waals surface area contributed by atoms with Crippen LogP contribution >= 0.6 is 0 Å². The maximum Gasteiger partial charge on any atom is 0.322 e. The Balaban J connectivity index is 3.59. The lowest BCUT2D eigenvalue weighted by Crippen LogP contribution is -2.38. The molecule has 1 N–H and O–H groups in total. The van der Waals surface area contributed by atoms with Crippen molar-refractivity contribution in [1.82, 2.24) is 5.32 Å². The minimum Gasteiger partial charge on any atom is -0.468 e. The first-order valence-electron chi connectivity index (χ1n) is 6.64. The Morgan fingerprint density at radius 3 is 2.56 bits per heavy atom. The molecule has 18 heavy (non-hydrogen) atoms. The number of methoxy groups -OCH3 is 2. The van der Waals surface area contributed by atoms with Crippen LogP contribution in [0.15, 0.2) is 0 Å². The monoisotopic (exact) mass is 261 g/mol. The van der Waals surface area contributed by atoms with E-state index in [1.54, 1.807) is 7.11 Å². The normalized spacial score (nSPS) is 12.4. The number of carbonyl (C=O) groups is 1. The molecule has 0 saturated carbocycles. The van der Waals surface area contributed by atoms with E-state index in [0.717, 1.165) is 32.2 Å². The Hall–Kier alpha value is -0.650. The van der Waals surface area contributed by atoms with Gasteiger partial charge in [-0.1, -0.05) is 19.8 Å². The van der Waals surface area contributed by atoms with Gasteiger partial charge in [-0.25, -0.2) is 0 Å². The molecule has 0 aliphatic heterocycles. The number of rotatable bonds is 12. The summed E-state index contributed by atoms with van der Waals surface area (Å²) in [5.74, 6) is -0.177. The van der Waals surface area contributed by atoms with Gasteiger partial charge in [0.05, 0.1) is 20.3 Å². The smallest absolute Gasteiger partial charge is 0.322 e. The van der Waals surface area contributed by atoms with Gasteiger partial charge in [0, 0.05) is 13.7 Å². The number of esters is 1. The van der Waals surface area contributed by atoms with E-state index in [0.29, 0.717) is 19.8 Å². The first-order valence-corrected chi connectivity index (χ1v) is 6.64. The molecule has 0 rings (SSSR count). The van der Waals surface area contributed by atoms with Crippen LogP contribution < -0.4 is 5.32 Å². The summed E-state index contributed by atoms with van der Waals surface area (Å²) in [4.78, 5) is 11.5. The molecule has 0 aliphatic carbocycles. The summed E-state index contributed by atoms with van der Waals surface area (Å²) < 4.78 is 15.0. The summed E-state index contributed by atoms with van der Waals surface area (Å²) in [6, 6.07) is -0.186. The summed E-state index contributed by atoms with van der Waals surface area (Å²) in [6.07, 6.45) is 3.81. The Kier molecular flexibility index (Phi) is 12.3. The zero-order valence-corrected chi connectivity index (χ0v) is 11.9. The minimum atomic E-state index is -0.186. The van der Waals surface area contributed by atoms with Gasteiger partial charge in [0.15, 0.2) is 0 Å². The lowest BCUT2D eigenvalue weighted by Gasteiger charge is -2.16. The van der Waals surface area contributed by atoms with Crippen LogP contribution in [0.2, 0.25) is 0 Å². The van der Waals surface area contributed by atoms with E-state index in [2.05, 4.69) is 12.2 Å². The van der Waals surface area contributed by atoms with E-state index in [9.17, 15) is 4.79 Å². The van der Waals surface area contributed by atoms with Gasteiger partial charge in [0.25, 0.3) is 0 Å². The Morgan fingerprint density at radius 1 is 1.17 bits per heavy atom. The van der Waals surface area contributed by atoms with E-state index < -0.39 is 0 Å². The third-order valence-electron chi connectivity index (χ3n) is 2.62. The Morgan fingerprint density at radius 2 is 1.94 bits per heavy atom. The van der Waals surface area contributed by atoms with Crippen molar-refractivity contribution in [2.45, 2.75) is 38.6 Å². The molecule has 0 aromatic carbocycles. The fraction of sp³-hybridized carbons (Fsp3) is 0.923. The van der Waals surface area contributed by atoms with E-state index in [4.69, 9.17) is 14.2 Å². The second kappa shape index (κ2) is 12.8. The maximum absolute atomic E-state index is 11.5. The van der Waals surface area contributed by atoms with Gasteiger partial charge in [-0.3, -0.25) is 4.79 Å². The second-order valence-electron chi connectivity index (χ2n) is 4.13. The third-order valence-corrected chi connectivity index (χ3v) is 2.62. The fourth-order valence-corrected chi connectivity index (χ4v) is 1.55. The zero-order chi connectivity index (χ0) is 13.6. The molecule has 0 spiro atoms. The molecule has 108 valence electrons. The van der Waals surface area contributed by atoms with Gasteiger partial charge in [0.2, 0.25) is 0 Å². The molecule has 0 saturated heterocycles. The standard InChI is InChI=1S/C13H27NO4/c1-4-5-7-12(13(15)17-3)14-8-6-9-18-11-10-16-2/h12,14H,4-11H2,1-3H3. The van der Waals surface area contributed by atoms with Crippen molar-refractivity contribution < 1.29 is 19.0 Å². The van der Waals surface area contributed by atoms with Crippen LogP contribution in [0.4, 0.5) is 0 Å². The lowest BCUT2D eigenvalue weighted by atomic mass is 10.1. The van der Waals surface area contributed by atoms with E-state index in [-0.39, 0.29) is 12.0 Å². The highest BCUT2D eigenvalue weighted by Gasteiger charge is 2.16. The van der Waals surface area contributed by atoms with Crippen LogP contribution in [0.5, 0.6) is 0 Å². The predicted octanol–water partition coefficient (Wildman–Crippen LogP) is 1.36. The molecule has 0 amide bonds. The van der Waals surface area contributed by atoms with Gasteiger partial charge in [-0.05, 0) is 19.4 Å². The number of hydrogen-bond donors (Lipinski definition) is 1. The third kappa shape index (κ3) is 9.39. The van der Waals surface area contributed by atoms with Crippen molar-refractivity contribution in [2.24, 2.45) is 0 Å². The largest absolute Gasteiger partial charge is 0.468 e. The number of hydrogen-bond acceptors (Lipinski definition) is 5. The molecule has 0 aliphatic rings. The number of nitrogens with one attached hydrogen (secondary N) is 1. The molecule has 5 heteroatoms. The quantitative estimate of drug-likeness (QED) is 0.424. The lowest BCUT2D eigenvalue weighted by molar-refractivity contribution is -0.143. The van der Waals surface area contributed by atoms with Crippen LogP contribution in [0.1, 0.15) is 32.6 Å². The van der Waals surface area contributed by atoms with Crippen molar-refractivity contribution in [1.29, 1.82) is 0 Å². The Labute approximate surface area is 110 Å². The average Bonchev–Trinajstić information content (AvgIpc) is 2.40. The second-order valence-corrected chi connectivity index (χ2v) is 4.13. The van der Waals surface area contributed by atoms with Gasteiger partial charge in [-0.2, -0.15) is 0 Å². The summed E-state index contributed by atoms with van der Waals surface area (Å²) in [7, 11) is 3.08. The van der Waals surface area contributed by atoms with Crippen LogP contribution in [-0.2, 0) is 19.0 Å². The molecule has 0 heterocycles. The molecule has 0 aromatic rings.